The highest BCUT2D eigenvalue weighted by molar-refractivity contribution is 5.90. The Balaban J connectivity index is 1.61. The van der Waals surface area contributed by atoms with E-state index in [0.717, 1.165) is 32.4 Å². The number of hydrogen-bond acceptors (Lipinski definition) is 3. The van der Waals surface area contributed by atoms with E-state index in [0.29, 0.717) is 31.7 Å². The van der Waals surface area contributed by atoms with Crippen LogP contribution in [0.25, 0.3) is 0 Å². The van der Waals surface area contributed by atoms with Crippen LogP contribution in [0, 0.1) is 11.2 Å². The summed E-state index contributed by atoms with van der Waals surface area (Å²) in [6, 6.07) is 6.53. The Morgan fingerprint density at radius 2 is 1.79 bits per heavy atom. The van der Waals surface area contributed by atoms with Crippen molar-refractivity contribution in [2.24, 2.45) is 5.41 Å². The van der Waals surface area contributed by atoms with Crippen LogP contribution < -0.4 is 0 Å². The van der Waals surface area contributed by atoms with Gasteiger partial charge in [-0.2, -0.15) is 0 Å². The third-order valence-corrected chi connectivity index (χ3v) is 5.69. The van der Waals surface area contributed by atoms with E-state index in [1.165, 1.54) is 6.07 Å². The van der Waals surface area contributed by atoms with Crippen LogP contribution in [0.4, 0.5) is 4.39 Å². The predicted molar refractivity (Wildman–Crippen MR) is 107 cm³/mol. The fraction of sp³-hybridized carbons (Fsp3) is 0.636. The Kier molecular flexibility index (Phi) is 6.38. The van der Waals surface area contributed by atoms with Crippen molar-refractivity contribution in [3.05, 3.63) is 35.6 Å². The molecule has 2 saturated heterocycles. The minimum Gasteiger partial charge on any atom is -0.340 e. The SMILES string of the molecule is CC(C)(C)C(=O)N1CCCC1C(=O)N1CCCN(Cc2ccccc2F)CC1. The molecule has 1 unspecified atom stereocenters. The Morgan fingerprint density at radius 3 is 2.50 bits per heavy atom. The van der Waals surface area contributed by atoms with Gasteiger partial charge in [0, 0.05) is 50.2 Å². The number of hydrogen-bond donors (Lipinski definition) is 0. The quantitative estimate of drug-likeness (QED) is 0.798. The maximum atomic E-state index is 13.9. The third kappa shape index (κ3) is 4.72. The largest absolute Gasteiger partial charge is 0.340 e. The lowest BCUT2D eigenvalue weighted by atomic mass is 9.94. The summed E-state index contributed by atoms with van der Waals surface area (Å²) in [4.78, 5) is 31.8. The molecular weight excluding hydrogens is 357 g/mol. The van der Waals surface area contributed by atoms with E-state index in [2.05, 4.69) is 4.90 Å². The van der Waals surface area contributed by atoms with E-state index >= 15 is 0 Å². The van der Waals surface area contributed by atoms with Crippen molar-refractivity contribution >= 4 is 11.8 Å². The van der Waals surface area contributed by atoms with Crippen molar-refractivity contribution in [1.29, 1.82) is 0 Å². The predicted octanol–water partition coefficient (Wildman–Crippen LogP) is 2.90. The molecule has 2 fully saturated rings. The molecule has 154 valence electrons. The van der Waals surface area contributed by atoms with Gasteiger partial charge in [-0.25, -0.2) is 4.39 Å². The molecular formula is C22H32FN3O2. The number of amides is 2. The molecule has 0 spiro atoms. The van der Waals surface area contributed by atoms with E-state index < -0.39 is 5.41 Å². The smallest absolute Gasteiger partial charge is 0.245 e. The van der Waals surface area contributed by atoms with Crippen LogP contribution in [0.15, 0.2) is 24.3 Å². The molecule has 1 aromatic carbocycles. The Hall–Kier alpha value is -1.95. The van der Waals surface area contributed by atoms with Crippen molar-refractivity contribution < 1.29 is 14.0 Å². The molecule has 2 aliphatic rings. The third-order valence-electron chi connectivity index (χ3n) is 5.69. The highest BCUT2D eigenvalue weighted by atomic mass is 19.1. The van der Waals surface area contributed by atoms with E-state index in [1.807, 2.05) is 37.8 Å². The van der Waals surface area contributed by atoms with Crippen molar-refractivity contribution in [1.82, 2.24) is 14.7 Å². The van der Waals surface area contributed by atoms with Crippen LogP contribution >= 0.6 is 0 Å². The van der Waals surface area contributed by atoms with Gasteiger partial charge in [0.25, 0.3) is 0 Å². The van der Waals surface area contributed by atoms with Gasteiger partial charge in [0.05, 0.1) is 0 Å². The number of nitrogens with zero attached hydrogens (tertiary/aromatic N) is 3. The highest BCUT2D eigenvalue weighted by Crippen LogP contribution is 2.27. The van der Waals surface area contributed by atoms with Crippen LogP contribution in [0.3, 0.4) is 0 Å². The number of carbonyl (C=O) groups excluding carboxylic acids is 2. The molecule has 2 amide bonds. The molecule has 0 N–H and O–H groups in total. The first-order valence-electron chi connectivity index (χ1n) is 10.3. The van der Waals surface area contributed by atoms with E-state index in [9.17, 15) is 14.0 Å². The van der Waals surface area contributed by atoms with Gasteiger partial charge in [0.1, 0.15) is 11.9 Å². The molecule has 1 atom stereocenters. The number of likely N-dealkylation sites (tertiary alicyclic amines) is 1. The van der Waals surface area contributed by atoms with Crippen molar-refractivity contribution in [2.45, 2.75) is 52.6 Å². The monoisotopic (exact) mass is 389 g/mol. The summed E-state index contributed by atoms with van der Waals surface area (Å²) in [5.41, 5.74) is 0.220. The van der Waals surface area contributed by atoms with Gasteiger partial charge in [-0.15, -0.1) is 0 Å². The second-order valence-electron chi connectivity index (χ2n) is 8.95. The van der Waals surface area contributed by atoms with Crippen molar-refractivity contribution in [2.75, 3.05) is 32.7 Å². The van der Waals surface area contributed by atoms with Crippen LogP contribution in [0.2, 0.25) is 0 Å². The summed E-state index contributed by atoms with van der Waals surface area (Å²) in [6.07, 6.45) is 2.49. The van der Waals surface area contributed by atoms with Gasteiger partial charge < -0.3 is 9.80 Å². The standard InChI is InChI=1S/C22H32FN3O2/c1-22(2,3)21(28)26-13-6-10-19(26)20(27)25-12-7-11-24(14-15-25)16-17-8-4-5-9-18(17)23/h4-5,8-9,19H,6-7,10-16H2,1-3H3. The summed E-state index contributed by atoms with van der Waals surface area (Å²) in [5.74, 6) is -0.0517. The molecule has 0 bridgehead atoms. The van der Waals surface area contributed by atoms with Gasteiger partial charge in [-0.05, 0) is 25.3 Å². The zero-order chi connectivity index (χ0) is 20.3. The molecule has 0 aromatic heterocycles. The molecule has 1 aromatic rings. The lowest BCUT2D eigenvalue weighted by molar-refractivity contribution is -0.148. The molecule has 28 heavy (non-hydrogen) atoms. The Morgan fingerprint density at radius 1 is 1.04 bits per heavy atom. The average molecular weight is 390 g/mol. The molecule has 0 aliphatic carbocycles. The van der Waals surface area contributed by atoms with Crippen LogP contribution in [-0.4, -0.2) is 65.3 Å². The zero-order valence-electron chi connectivity index (χ0n) is 17.3. The van der Waals surface area contributed by atoms with Gasteiger partial charge >= 0.3 is 0 Å². The Bertz CT molecular complexity index is 716. The summed E-state index contributed by atoms with van der Waals surface area (Å²) in [7, 11) is 0. The topological polar surface area (TPSA) is 43.9 Å². The van der Waals surface area contributed by atoms with Crippen LogP contribution in [0.5, 0.6) is 0 Å². The van der Waals surface area contributed by atoms with Gasteiger partial charge in [0.15, 0.2) is 0 Å². The number of rotatable bonds is 3. The fourth-order valence-electron chi connectivity index (χ4n) is 4.13. The number of carbonyl (C=O) groups is 2. The summed E-state index contributed by atoms with van der Waals surface area (Å²) in [5, 5.41) is 0. The lowest BCUT2D eigenvalue weighted by Crippen LogP contribution is -2.51. The summed E-state index contributed by atoms with van der Waals surface area (Å²) in [6.45, 7) is 9.83. The fourth-order valence-corrected chi connectivity index (χ4v) is 4.13. The molecule has 3 rings (SSSR count). The molecule has 0 radical (unpaired) electrons. The summed E-state index contributed by atoms with van der Waals surface area (Å²) >= 11 is 0. The molecule has 0 saturated carbocycles. The molecule has 2 aliphatic heterocycles. The minimum absolute atomic E-state index is 0.0550. The maximum Gasteiger partial charge on any atom is 0.245 e. The van der Waals surface area contributed by atoms with E-state index in [1.54, 1.807) is 11.0 Å². The molecule has 2 heterocycles. The van der Waals surface area contributed by atoms with Crippen LogP contribution in [0.1, 0.15) is 45.6 Å². The summed E-state index contributed by atoms with van der Waals surface area (Å²) < 4.78 is 13.9. The first-order chi connectivity index (χ1) is 13.3. The van der Waals surface area contributed by atoms with Crippen molar-refractivity contribution in [3.63, 3.8) is 0 Å². The van der Waals surface area contributed by atoms with Gasteiger partial charge in [-0.1, -0.05) is 39.0 Å². The number of benzene rings is 1. The minimum atomic E-state index is -0.474. The number of halogens is 1. The molecule has 5 nitrogen and oxygen atoms in total. The molecule has 6 heteroatoms. The zero-order valence-corrected chi connectivity index (χ0v) is 17.3. The van der Waals surface area contributed by atoms with Crippen LogP contribution in [-0.2, 0) is 16.1 Å². The van der Waals surface area contributed by atoms with Crippen molar-refractivity contribution in [3.8, 4) is 0 Å². The first kappa shape index (κ1) is 20.8. The average Bonchev–Trinajstić information content (AvgIpc) is 3.01. The lowest BCUT2D eigenvalue weighted by Gasteiger charge is -2.33. The normalized spacial score (nSPS) is 21.6. The van der Waals surface area contributed by atoms with E-state index in [-0.39, 0.29) is 23.7 Å². The Labute approximate surface area is 167 Å². The highest BCUT2D eigenvalue weighted by Gasteiger charge is 2.40. The second-order valence-corrected chi connectivity index (χ2v) is 8.95. The maximum absolute atomic E-state index is 13.9. The first-order valence-corrected chi connectivity index (χ1v) is 10.3. The van der Waals surface area contributed by atoms with Gasteiger partial charge in [0.2, 0.25) is 11.8 Å². The van der Waals surface area contributed by atoms with Gasteiger partial charge in [-0.3, -0.25) is 14.5 Å². The van der Waals surface area contributed by atoms with E-state index in [4.69, 9.17) is 0 Å². The second kappa shape index (κ2) is 8.60.